The zero-order valence-electron chi connectivity index (χ0n) is 20.3. The van der Waals surface area contributed by atoms with Crippen molar-refractivity contribution in [1.29, 1.82) is 0 Å². The molecule has 3 N–H and O–H groups in total. The highest BCUT2D eigenvalue weighted by atomic mass is 16.6. The number of aromatic nitrogens is 1. The largest absolute Gasteiger partial charge is 0.495 e. The molecule has 3 rings (SSSR count). The van der Waals surface area contributed by atoms with Crippen molar-refractivity contribution in [2.24, 2.45) is 0 Å². The molecule has 0 unspecified atom stereocenters. The third kappa shape index (κ3) is 6.80. The topological polar surface area (TPSA) is 119 Å². The zero-order chi connectivity index (χ0) is 25.6. The Balaban J connectivity index is 1.83. The molecule has 0 fully saturated rings. The summed E-state index contributed by atoms with van der Waals surface area (Å²) in [4.78, 5) is 42.0. The average molecular weight is 477 g/mol. The van der Waals surface area contributed by atoms with Gasteiger partial charge in [-0.1, -0.05) is 12.1 Å². The number of anilines is 3. The smallest absolute Gasteiger partial charge is 0.412 e. The molecule has 0 aliphatic rings. The van der Waals surface area contributed by atoms with Crippen LogP contribution in [0.2, 0.25) is 0 Å². The fraction of sp³-hybridized carbons (Fsp3) is 0.231. The zero-order valence-corrected chi connectivity index (χ0v) is 20.3. The highest BCUT2D eigenvalue weighted by Crippen LogP contribution is 2.29. The van der Waals surface area contributed by atoms with Crippen molar-refractivity contribution in [3.05, 3.63) is 77.6 Å². The lowest BCUT2D eigenvalue weighted by atomic mass is 10.1. The van der Waals surface area contributed by atoms with E-state index in [1.54, 1.807) is 76.2 Å². The number of methoxy groups -OCH3 is 1. The third-order valence-electron chi connectivity index (χ3n) is 4.79. The van der Waals surface area contributed by atoms with Crippen LogP contribution >= 0.6 is 0 Å². The molecule has 0 spiro atoms. The predicted molar refractivity (Wildman–Crippen MR) is 134 cm³/mol. The molecule has 0 atom stereocenters. The molecule has 1 aromatic heterocycles. The van der Waals surface area contributed by atoms with E-state index in [-0.39, 0.29) is 11.5 Å². The van der Waals surface area contributed by atoms with Crippen molar-refractivity contribution >= 4 is 35.0 Å². The molecule has 0 aliphatic heterocycles. The lowest BCUT2D eigenvalue weighted by Crippen LogP contribution is -2.27. The van der Waals surface area contributed by atoms with Gasteiger partial charge in [0.1, 0.15) is 11.4 Å². The van der Waals surface area contributed by atoms with E-state index in [1.807, 2.05) is 0 Å². The number of hydrogen-bond donors (Lipinski definition) is 3. The number of rotatable bonds is 6. The number of carbonyl (C=O) groups excluding carboxylic acids is 3. The Hall–Kier alpha value is -4.40. The van der Waals surface area contributed by atoms with Crippen LogP contribution in [-0.4, -0.2) is 35.6 Å². The Morgan fingerprint density at radius 3 is 2.26 bits per heavy atom. The van der Waals surface area contributed by atoms with Crippen LogP contribution in [-0.2, 0) is 4.74 Å². The maximum absolute atomic E-state index is 13.2. The monoisotopic (exact) mass is 476 g/mol. The van der Waals surface area contributed by atoms with Crippen LogP contribution in [0.1, 0.15) is 47.1 Å². The van der Waals surface area contributed by atoms with Gasteiger partial charge < -0.3 is 20.1 Å². The lowest BCUT2D eigenvalue weighted by molar-refractivity contribution is 0.0635. The number of carbonyl (C=O) groups is 3. The fourth-order valence-corrected chi connectivity index (χ4v) is 3.21. The Kier molecular flexibility index (Phi) is 7.70. The van der Waals surface area contributed by atoms with E-state index in [0.29, 0.717) is 28.4 Å². The first-order chi connectivity index (χ1) is 16.6. The van der Waals surface area contributed by atoms with Crippen LogP contribution in [0.5, 0.6) is 5.75 Å². The van der Waals surface area contributed by atoms with E-state index in [0.717, 1.165) is 5.56 Å². The van der Waals surface area contributed by atoms with Crippen LogP contribution in [0, 0.1) is 6.92 Å². The summed E-state index contributed by atoms with van der Waals surface area (Å²) < 4.78 is 10.6. The molecule has 0 radical (unpaired) electrons. The summed E-state index contributed by atoms with van der Waals surface area (Å²) in [6, 6.07) is 13.1. The van der Waals surface area contributed by atoms with Gasteiger partial charge in [-0.25, -0.2) is 4.79 Å². The van der Waals surface area contributed by atoms with Gasteiger partial charge in [-0.2, -0.15) is 0 Å². The van der Waals surface area contributed by atoms with Crippen molar-refractivity contribution in [3.8, 4) is 5.75 Å². The number of pyridine rings is 1. The highest BCUT2D eigenvalue weighted by molar-refractivity contribution is 6.13. The van der Waals surface area contributed by atoms with E-state index < -0.39 is 17.6 Å². The molecule has 35 heavy (non-hydrogen) atoms. The second-order valence-corrected chi connectivity index (χ2v) is 8.68. The van der Waals surface area contributed by atoms with Crippen molar-refractivity contribution in [3.63, 3.8) is 0 Å². The first-order valence-corrected chi connectivity index (χ1v) is 10.9. The average Bonchev–Trinajstić information content (AvgIpc) is 2.79. The van der Waals surface area contributed by atoms with E-state index in [1.165, 1.54) is 19.5 Å². The SMILES string of the molecule is COc1ccc(NC(=O)c2cccc(C)c2NC(=O)c2ccncc2)cc1NC(=O)OC(C)(C)C. The maximum Gasteiger partial charge on any atom is 0.412 e. The van der Waals surface area contributed by atoms with E-state index in [4.69, 9.17) is 9.47 Å². The minimum absolute atomic E-state index is 0.282. The van der Waals surface area contributed by atoms with Gasteiger partial charge in [-0.15, -0.1) is 0 Å². The molecular formula is C26H28N4O5. The molecule has 0 saturated carbocycles. The van der Waals surface area contributed by atoms with Gasteiger partial charge in [0.2, 0.25) is 0 Å². The van der Waals surface area contributed by atoms with Crippen molar-refractivity contribution in [2.75, 3.05) is 23.1 Å². The van der Waals surface area contributed by atoms with Crippen LogP contribution in [0.15, 0.2) is 60.9 Å². The van der Waals surface area contributed by atoms with Gasteiger partial charge in [-0.3, -0.25) is 19.9 Å². The highest BCUT2D eigenvalue weighted by Gasteiger charge is 2.19. The molecule has 182 valence electrons. The van der Waals surface area contributed by atoms with Crippen molar-refractivity contribution < 1.29 is 23.9 Å². The number of nitrogens with zero attached hydrogens (tertiary/aromatic N) is 1. The van der Waals surface area contributed by atoms with Gasteiger partial charge in [-0.05, 0) is 69.7 Å². The maximum atomic E-state index is 13.2. The van der Waals surface area contributed by atoms with Crippen LogP contribution in [0.4, 0.5) is 21.9 Å². The molecule has 0 saturated heterocycles. The Morgan fingerprint density at radius 2 is 1.60 bits per heavy atom. The lowest BCUT2D eigenvalue weighted by Gasteiger charge is -2.20. The second-order valence-electron chi connectivity index (χ2n) is 8.68. The summed E-state index contributed by atoms with van der Waals surface area (Å²) in [5, 5.41) is 8.26. The second kappa shape index (κ2) is 10.7. The van der Waals surface area contributed by atoms with Gasteiger partial charge in [0.25, 0.3) is 11.8 Å². The quantitative estimate of drug-likeness (QED) is 0.447. The Bertz CT molecular complexity index is 1240. The number of nitrogens with one attached hydrogen (secondary N) is 3. The summed E-state index contributed by atoms with van der Waals surface area (Å²) in [5.74, 6) is -0.397. The van der Waals surface area contributed by atoms with Crippen molar-refractivity contribution in [1.82, 2.24) is 4.98 Å². The number of hydrogen-bond acceptors (Lipinski definition) is 6. The number of para-hydroxylation sites is 1. The summed E-state index contributed by atoms with van der Waals surface area (Å²) >= 11 is 0. The van der Waals surface area contributed by atoms with Gasteiger partial charge >= 0.3 is 6.09 Å². The molecule has 0 bridgehead atoms. The number of amides is 3. The Morgan fingerprint density at radius 1 is 0.886 bits per heavy atom. The van der Waals surface area contributed by atoms with Crippen LogP contribution in [0.3, 0.4) is 0 Å². The molecule has 2 aromatic carbocycles. The van der Waals surface area contributed by atoms with Gasteiger partial charge in [0.15, 0.2) is 0 Å². The summed E-state index contributed by atoms with van der Waals surface area (Å²) in [5.41, 5.74) is 1.89. The molecular weight excluding hydrogens is 448 g/mol. The normalized spacial score (nSPS) is 10.8. The van der Waals surface area contributed by atoms with Crippen LogP contribution < -0.4 is 20.7 Å². The van der Waals surface area contributed by atoms with Crippen LogP contribution in [0.25, 0.3) is 0 Å². The number of ether oxygens (including phenoxy) is 2. The predicted octanol–water partition coefficient (Wildman–Crippen LogP) is 5.25. The fourth-order valence-electron chi connectivity index (χ4n) is 3.21. The van der Waals surface area contributed by atoms with E-state index >= 15 is 0 Å². The standard InChI is InChI=1S/C26H28N4O5/c1-16-7-6-8-19(22(16)30-23(31)17-11-13-27-14-12-17)24(32)28-18-9-10-21(34-5)20(15-18)29-25(33)35-26(2,3)4/h6-15H,1-5H3,(H,28,32)(H,29,33)(H,30,31). The van der Waals surface area contributed by atoms with Gasteiger partial charge in [0, 0.05) is 23.6 Å². The Labute approximate surface area is 203 Å². The van der Waals surface area contributed by atoms with Gasteiger partial charge in [0.05, 0.1) is 24.0 Å². The van der Waals surface area contributed by atoms with E-state index in [9.17, 15) is 14.4 Å². The number of aryl methyl sites for hydroxylation is 1. The summed E-state index contributed by atoms with van der Waals surface area (Å²) in [6.07, 6.45) is 2.39. The van der Waals surface area contributed by atoms with E-state index in [2.05, 4.69) is 20.9 Å². The molecule has 9 nitrogen and oxygen atoms in total. The summed E-state index contributed by atoms with van der Waals surface area (Å²) in [7, 11) is 1.47. The third-order valence-corrected chi connectivity index (χ3v) is 4.79. The number of benzene rings is 2. The molecule has 3 amide bonds. The van der Waals surface area contributed by atoms with Crippen molar-refractivity contribution in [2.45, 2.75) is 33.3 Å². The molecule has 1 heterocycles. The first-order valence-electron chi connectivity index (χ1n) is 10.9. The molecule has 9 heteroatoms. The summed E-state index contributed by atoms with van der Waals surface area (Å²) in [6.45, 7) is 7.07. The molecule has 3 aromatic rings. The minimum Gasteiger partial charge on any atom is -0.495 e. The minimum atomic E-state index is -0.675. The molecule has 0 aliphatic carbocycles. The first kappa shape index (κ1) is 25.2.